The number of hydrogen-bond acceptors (Lipinski definition) is 5. The van der Waals surface area contributed by atoms with Gasteiger partial charge in [-0.3, -0.25) is 0 Å². The molecule has 0 aliphatic heterocycles. The molecule has 122 valence electrons. The van der Waals surface area contributed by atoms with Crippen molar-refractivity contribution in [3.63, 3.8) is 0 Å². The van der Waals surface area contributed by atoms with Crippen molar-refractivity contribution in [1.82, 2.24) is 34.4 Å². The van der Waals surface area contributed by atoms with E-state index in [2.05, 4.69) is 46.0 Å². The number of fused-ring (bicyclic) bond motifs is 2. The van der Waals surface area contributed by atoms with Gasteiger partial charge in [0.25, 0.3) is 0 Å². The van der Waals surface area contributed by atoms with Gasteiger partial charge in [-0.15, -0.1) is 9.73 Å². The number of rotatable bonds is 4. The minimum Gasteiger partial charge on any atom is -0.232 e. The van der Waals surface area contributed by atoms with Crippen LogP contribution in [0.15, 0.2) is 36.8 Å². The molecule has 4 aromatic rings. The normalized spacial score (nSPS) is 13.2. The smallest absolute Gasteiger partial charge is 0.176 e. The molecule has 4 heterocycles. The average Bonchev–Trinajstić information content (AvgIpc) is 3.18. The molecule has 1 unspecified atom stereocenters. The molecule has 0 radical (unpaired) electrons. The molecular formula is C17H19N7. The topological polar surface area (TPSA) is 73.3 Å². The van der Waals surface area contributed by atoms with Crippen molar-refractivity contribution in [2.24, 2.45) is 0 Å². The molecule has 0 amide bonds. The number of hydrogen-bond donors (Lipinski definition) is 0. The summed E-state index contributed by atoms with van der Waals surface area (Å²) in [5.41, 5.74) is 4.68. The third-order valence-corrected chi connectivity index (χ3v) is 4.17. The maximum Gasteiger partial charge on any atom is 0.176 e. The van der Waals surface area contributed by atoms with Crippen LogP contribution >= 0.6 is 0 Å². The zero-order valence-electron chi connectivity index (χ0n) is 14.0. The summed E-state index contributed by atoms with van der Waals surface area (Å²) in [7, 11) is 0. The van der Waals surface area contributed by atoms with Gasteiger partial charge in [0.05, 0.1) is 23.3 Å². The van der Waals surface area contributed by atoms with Gasteiger partial charge < -0.3 is 0 Å². The van der Waals surface area contributed by atoms with Crippen molar-refractivity contribution in [2.75, 3.05) is 0 Å². The van der Waals surface area contributed by atoms with Crippen molar-refractivity contribution in [3.8, 4) is 0 Å². The molecule has 0 saturated carbocycles. The quantitative estimate of drug-likeness (QED) is 0.578. The van der Waals surface area contributed by atoms with Crippen molar-refractivity contribution >= 4 is 11.3 Å². The molecule has 0 N–H and O–H groups in total. The minimum absolute atomic E-state index is 0.230. The van der Waals surface area contributed by atoms with E-state index in [9.17, 15) is 0 Å². The molecule has 24 heavy (non-hydrogen) atoms. The lowest BCUT2D eigenvalue weighted by molar-refractivity contribution is 0.667. The summed E-state index contributed by atoms with van der Waals surface area (Å²) in [5, 5.41) is 13.2. The largest absolute Gasteiger partial charge is 0.232 e. The maximum absolute atomic E-state index is 4.67. The van der Waals surface area contributed by atoms with Gasteiger partial charge in [-0.25, -0.2) is 14.5 Å². The first kappa shape index (κ1) is 14.7. The lowest BCUT2D eigenvalue weighted by atomic mass is 10.0. The van der Waals surface area contributed by atoms with E-state index in [1.54, 1.807) is 4.63 Å². The molecule has 7 nitrogen and oxygen atoms in total. The standard InChI is InChI=1S/C17H19N7/c1-11(2)14-4-7-17-20-13(9-23(17)21-14)8-12(3)15-5-6-16-18-10-19-24(16)22-15/h4-7,9-12H,8H2,1-3H3. The number of nitrogens with zero attached hydrogens (tertiary/aromatic N) is 7. The second kappa shape index (κ2) is 5.67. The summed E-state index contributed by atoms with van der Waals surface area (Å²) in [4.78, 5) is 8.79. The zero-order chi connectivity index (χ0) is 16.7. The molecule has 7 heteroatoms. The Kier molecular flexibility index (Phi) is 3.48. The molecule has 0 aliphatic carbocycles. The van der Waals surface area contributed by atoms with Crippen LogP contribution in [0.4, 0.5) is 0 Å². The van der Waals surface area contributed by atoms with Crippen LogP contribution < -0.4 is 0 Å². The van der Waals surface area contributed by atoms with E-state index in [0.29, 0.717) is 5.92 Å². The van der Waals surface area contributed by atoms with Gasteiger partial charge in [0, 0.05) is 5.92 Å². The summed E-state index contributed by atoms with van der Waals surface area (Å²) in [6.07, 6.45) is 4.32. The van der Waals surface area contributed by atoms with Crippen molar-refractivity contribution in [1.29, 1.82) is 0 Å². The van der Waals surface area contributed by atoms with E-state index in [-0.39, 0.29) is 5.92 Å². The SMILES string of the molecule is CC(C)c1ccc2nc(CC(C)c3ccc4ncnn4n3)cn2n1. The van der Waals surface area contributed by atoms with Crippen LogP contribution in [0.3, 0.4) is 0 Å². The minimum atomic E-state index is 0.230. The lowest BCUT2D eigenvalue weighted by Crippen LogP contribution is -2.05. The monoisotopic (exact) mass is 321 g/mol. The van der Waals surface area contributed by atoms with Crippen LogP contribution in [0.2, 0.25) is 0 Å². The zero-order valence-corrected chi connectivity index (χ0v) is 14.0. The predicted octanol–water partition coefficient (Wildman–Crippen LogP) is 2.64. The summed E-state index contributed by atoms with van der Waals surface area (Å²) >= 11 is 0. The van der Waals surface area contributed by atoms with Crippen molar-refractivity contribution in [2.45, 2.75) is 39.0 Å². The Morgan fingerprint density at radius 2 is 1.75 bits per heavy atom. The van der Waals surface area contributed by atoms with Gasteiger partial charge in [-0.1, -0.05) is 20.8 Å². The fourth-order valence-corrected chi connectivity index (χ4v) is 2.77. The molecule has 4 rings (SSSR count). The lowest BCUT2D eigenvalue weighted by Gasteiger charge is -2.08. The molecule has 4 aromatic heterocycles. The first-order chi connectivity index (χ1) is 11.6. The van der Waals surface area contributed by atoms with Crippen LogP contribution in [-0.2, 0) is 6.42 Å². The van der Waals surface area contributed by atoms with E-state index in [1.807, 2.05) is 35.0 Å². The van der Waals surface area contributed by atoms with Gasteiger partial charge >= 0.3 is 0 Å². The predicted molar refractivity (Wildman–Crippen MR) is 90.0 cm³/mol. The Balaban J connectivity index is 1.60. The first-order valence-corrected chi connectivity index (χ1v) is 8.12. The Bertz CT molecular complexity index is 998. The molecule has 0 aliphatic rings. The Hall–Kier alpha value is -2.83. The highest BCUT2D eigenvalue weighted by Crippen LogP contribution is 2.19. The number of aromatic nitrogens is 7. The third-order valence-electron chi connectivity index (χ3n) is 4.17. The van der Waals surface area contributed by atoms with E-state index in [0.717, 1.165) is 34.8 Å². The van der Waals surface area contributed by atoms with Gasteiger partial charge in [-0.05, 0) is 36.6 Å². The second-order valence-electron chi connectivity index (χ2n) is 6.42. The van der Waals surface area contributed by atoms with Crippen LogP contribution in [0.5, 0.6) is 0 Å². The Labute approximate surface area is 139 Å². The maximum atomic E-state index is 4.67. The molecule has 0 aromatic carbocycles. The van der Waals surface area contributed by atoms with Gasteiger partial charge in [0.15, 0.2) is 11.3 Å². The van der Waals surface area contributed by atoms with Crippen LogP contribution in [0, 0.1) is 0 Å². The number of imidazole rings is 1. The first-order valence-electron chi connectivity index (χ1n) is 8.12. The third kappa shape index (κ3) is 2.62. The Morgan fingerprint density at radius 3 is 2.58 bits per heavy atom. The molecule has 0 spiro atoms. The van der Waals surface area contributed by atoms with E-state index >= 15 is 0 Å². The van der Waals surface area contributed by atoms with Crippen molar-refractivity contribution in [3.05, 3.63) is 53.9 Å². The van der Waals surface area contributed by atoms with Crippen LogP contribution in [0.1, 0.15) is 49.7 Å². The van der Waals surface area contributed by atoms with Gasteiger partial charge in [-0.2, -0.15) is 10.2 Å². The van der Waals surface area contributed by atoms with Crippen LogP contribution in [0.25, 0.3) is 11.3 Å². The van der Waals surface area contributed by atoms with E-state index < -0.39 is 0 Å². The summed E-state index contributed by atoms with van der Waals surface area (Å²) in [6.45, 7) is 6.42. The van der Waals surface area contributed by atoms with Crippen molar-refractivity contribution < 1.29 is 0 Å². The average molecular weight is 321 g/mol. The molecule has 0 saturated heterocycles. The summed E-state index contributed by atoms with van der Waals surface area (Å²) in [6, 6.07) is 8.00. The van der Waals surface area contributed by atoms with E-state index in [1.165, 1.54) is 6.33 Å². The fourth-order valence-electron chi connectivity index (χ4n) is 2.77. The highest BCUT2D eigenvalue weighted by Gasteiger charge is 2.13. The Morgan fingerprint density at radius 1 is 0.958 bits per heavy atom. The highest BCUT2D eigenvalue weighted by atomic mass is 15.4. The summed E-state index contributed by atoms with van der Waals surface area (Å²) < 4.78 is 3.43. The van der Waals surface area contributed by atoms with E-state index in [4.69, 9.17) is 0 Å². The fraction of sp³-hybridized carbons (Fsp3) is 0.353. The molecule has 1 atom stereocenters. The second-order valence-corrected chi connectivity index (χ2v) is 6.42. The molecule has 0 fully saturated rings. The summed E-state index contributed by atoms with van der Waals surface area (Å²) in [5.74, 6) is 0.630. The van der Waals surface area contributed by atoms with Gasteiger partial charge in [0.2, 0.25) is 0 Å². The molecular weight excluding hydrogens is 302 g/mol. The van der Waals surface area contributed by atoms with Crippen LogP contribution in [-0.4, -0.2) is 34.4 Å². The highest BCUT2D eigenvalue weighted by molar-refractivity contribution is 5.39. The van der Waals surface area contributed by atoms with Gasteiger partial charge in [0.1, 0.15) is 6.33 Å². The molecule has 0 bridgehead atoms.